The second kappa shape index (κ2) is 6.59. The average molecular weight is 364 g/mol. The molecule has 0 aliphatic carbocycles. The Morgan fingerprint density at radius 2 is 1.71 bits per heavy atom. The Hall–Kier alpha value is -4.06. The number of benzene rings is 1. The van der Waals surface area contributed by atoms with Crippen molar-refractivity contribution in [1.29, 1.82) is 0 Å². The summed E-state index contributed by atoms with van der Waals surface area (Å²) in [6.07, 6.45) is 12.8. The number of aromatic nitrogens is 4. The highest BCUT2D eigenvalue weighted by Crippen LogP contribution is 2.25. The molecule has 0 spiro atoms. The summed E-state index contributed by atoms with van der Waals surface area (Å²) in [7, 11) is 0. The molecule has 28 heavy (non-hydrogen) atoms. The predicted octanol–water partition coefficient (Wildman–Crippen LogP) is 4.11. The van der Waals surface area contributed by atoms with Gasteiger partial charge in [0, 0.05) is 36.4 Å². The molecule has 134 valence electrons. The van der Waals surface area contributed by atoms with Crippen molar-refractivity contribution >= 4 is 22.2 Å². The molecule has 4 heterocycles. The van der Waals surface area contributed by atoms with Crippen molar-refractivity contribution in [3.05, 3.63) is 104 Å². The number of allylic oxidation sites excluding steroid dienone is 2. The third-order valence-electron chi connectivity index (χ3n) is 4.63. The first-order valence-electron chi connectivity index (χ1n) is 8.84. The Morgan fingerprint density at radius 1 is 0.857 bits per heavy atom. The second-order valence-electron chi connectivity index (χ2n) is 6.34. The summed E-state index contributed by atoms with van der Waals surface area (Å²) in [5.74, 6) is 0. The van der Waals surface area contributed by atoms with Gasteiger partial charge < -0.3 is 0 Å². The van der Waals surface area contributed by atoms with Crippen LogP contribution >= 0.6 is 0 Å². The zero-order valence-corrected chi connectivity index (χ0v) is 15.0. The largest absolute Gasteiger partial charge is 0.265 e. The Labute approximate surface area is 161 Å². The van der Waals surface area contributed by atoms with Crippen LogP contribution in [0, 0.1) is 0 Å². The summed E-state index contributed by atoms with van der Waals surface area (Å²) in [5.41, 5.74) is 4.33. The van der Waals surface area contributed by atoms with E-state index in [9.17, 15) is 0 Å². The maximum Gasteiger partial charge on any atom is 0.116 e. The summed E-state index contributed by atoms with van der Waals surface area (Å²) < 4.78 is 1.89. The van der Waals surface area contributed by atoms with E-state index in [1.807, 2.05) is 64.6 Å². The van der Waals surface area contributed by atoms with Crippen molar-refractivity contribution in [2.24, 2.45) is 5.10 Å². The number of rotatable bonds is 3. The number of hydrogen-bond donors (Lipinski definition) is 0. The van der Waals surface area contributed by atoms with Crippen molar-refractivity contribution in [3.63, 3.8) is 0 Å². The molecular formula is C22H16N6. The Balaban J connectivity index is 1.64. The third kappa shape index (κ3) is 2.68. The maximum atomic E-state index is 4.80. The topological polar surface area (TPSA) is 59.2 Å². The molecule has 0 bridgehead atoms. The van der Waals surface area contributed by atoms with Gasteiger partial charge in [0.15, 0.2) is 0 Å². The summed E-state index contributed by atoms with van der Waals surface area (Å²) in [4.78, 5) is 8.35. The summed E-state index contributed by atoms with van der Waals surface area (Å²) >= 11 is 0. The standard InChI is InChI=1S/C22H16N6/c1-16-9-14-27(18-6-11-23-12-7-18)26-22(16)21-8-13-25-28(21)20-4-2-3-17-5-10-24-15-19(17)20/h2-15H,1H2. The van der Waals surface area contributed by atoms with Crippen LogP contribution in [0.15, 0.2) is 103 Å². The van der Waals surface area contributed by atoms with Crippen molar-refractivity contribution in [3.8, 4) is 5.69 Å². The van der Waals surface area contributed by atoms with Crippen LogP contribution in [0.25, 0.3) is 16.5 Å². The van der Waals surface area contributed by atoms with Gasteiger partial charge in [0.2, 0.25) is 0 Å². The van der Waals surface area contributed by atoms with Gasteiger partial charge in [0.1, 0.15) is 5.71 Å². The molecule has 0 unspecified atom stereocenters. The zero-order valence-electron chi connectivity index (χ0n) is 15.0. The molecule has 3 aromatic heterocycles. The van der Waals surface area contributed by atoms with E-state index in [0.717, 1.165) is 39.1 Å². The number of hydrogen-bond acceptors (Lipinski definition) is 5. The van der Waals surface area contributed by atoms with Crippen molar-refractivity contribution in [2.75, 3.05) is 5.01 Å². The SMILES string of the molecule is C=C1C=CN(c2ccncc2)N=C1c1ccnn1-c1cccc2ccncc12. The van der Waals surface area contributed by atoms with Crippen LogP contribution in [0.3, 0.4) is 0 Å². The minimum atomic E-state index is 0.762. The maximum absolute atomic E-state index is 4.80. The molecule has 1 aromatic carbocycles. The van der Waals surface area contributed by atoms with Crippen LogP contribution in [0.5, 0.6) is 0 Å². The van der Waals surface area contributed by atoms with E-state index in [0.29, 0.717) is 0 Å². The highest BCUT2D eigenvalue weighted by Gasteiger charge is 2.19. The number of nitrogens with zero attached hydrogens (tertiary/aromatic N) is 6. The Bertz CT molecular complexity index is 1230. The molecule has 0 atom stereocenters. The molecular weight excluding hydrogens is 348 g/mol. The molecule has 0 radical (unpaired) electrons. The predicted molar refractivity (Wildman–Crippen MR) is 110 cm³/mol. The van der Waals surface area contributed by atoms with E-state index >= 15 is 0 Å². The monoisotopic (exact) mass is 364 g/mol. The van der Waals surface area contributed by atoms with E-state index in [-0.39, 0.29) is 0 Å². The lowest BCUT2D eigenvalue weighted by Crippen LogP contribution is -2.21. The molecule has 0 fully saturated rings. The van der Waals surface area contributed by atoms with Crippen LogP contribution in [0.4, 0.5) is 5.69 Å². The normalized spacial score (nSPS) is 13.8. The fourth-order valence-corrected chi connectivity index (χ4v) is 3.26. The molecule has 6 heteroatoms. The molecule has 4 aromatic rings. The molecule has 0 amide bonds. The summed E-state index contributed by atoms with van der Waals surface area (Å²) in [5, 5.41) is 13.3. The smallest absolute Gasteiger partial charge is 0.116 e. The quantitative estimate of drug-likeness (QED) is 0.549. The molecule has 1 aliphatic rings. The minimum Gasteiger partial charge on any atom is -0.265 e. The van der Waals surface area contributed by atoms with E-state index < -0.39 is 0 Å². The van der Waals surface area contributed by atoms with Crippen LogP contribution < -0.4 is 5.01 Å². The lowest BCUT2D eigenvalue weighted by atomic mass is 10.1. The van der Waals surface area contributed by atoms with Gasteiger partial charge in [0.25, 0.3) is 0 Å². The van der Waals surface area contributed by atoms with Gasteiger partial charge in [-0.05, 0) is 47.4 Å². The molecule has 6 nitrogen and oxygen atoms in total. The van der Waals surface area contributed by atoms with Crippen molar-refractivity contribution in [2.45, 2.75) is 0 Å². The van der Waals surface area contributed by atoms with Gasteiger partial charge in [-0.2, -0.15) is 10.2 Å². The third-order valence-corrected chi connectivity index (χ3v) is 4.63. The van der Waals surface area contributed by atoms with E-state index in [1.54, 1.807) is 24.8 Å². The first-order valence-corrected chi connectivity index (χ1v) is 8.84. The van der Waals surface area contributed by atoms with Gasteiger partial charge in [-0.25, -0.2) is 9.69 Å². The fraction of sp³-hybridized carbons (Fsp3) is 0. The van der Waals surface area contributed by atoms with Crippen molar-refractivity contribution in [1.82, 2.24) is 19.7 Å². The van der Waals surface area contributed by atoms with Crippen molar-refractivity contribution < 1.29 is 0 Å². The van der Waals surface area contributed by atoms with Crippen LogP contribution in [-0.4, -0.2) is 25.5 Å². The number of anilines is 1. The average Bonchev–Trinajstić information content (AvgIpc) is 3.24. The number of hydrazone groups is 1. The zero-order chi connectivity index (χ0) is 18.9. The fourth-order valence-electron chi connectivity index (χ4n) is 3.26. The summed E-state index contributed by atoms with van der Waals surface area (Å²) in [6, 6.07) is 13.9. The number of fused-ring (bicyclic) bond motifs is 1. The molecule has 0 saturated heterocycles. The highest BCUT2D eigenvalue weighted by molar-refractivity contribution is 6.14. The first-order chi connectivity index (χ1) is 13.8. The van der Waals surface area contributed by atoms with E-state index in [4.69, 9.17) is 5.10 Å². The van der Waals surface area contributed by atoms with Gasteiger partial charge >= 0.3 is 0 Å². The molecule has 0 N–H and O–H groups in total. The van der Waals surface area contributed by atoms with Gasteiger partial charge in [-0.3, -0.25) is 9.97 Å². The van der Waals surface area contributed by atoms with Crippen LogP contribution in [0.1, 0.15) is 5.69 Å². The second-order valence-corrected chi connectivity index (χ2v) is 6.34. The van der Waals surface area contributed by atoms with Crippen LogP contribution in [-0.2, 0) is 0 Å². The molecule has 1 aliphatic heterocycles. The molecule has 5 rings (SSSR count). The van der Waals surface area contributed by atoms with Gasteiger partial charge in [-0.1, -0.05) is 18.7 Å². The van der Waals surface area contributed by atoms with E-state index in [1.165, 1.54) is 0 Å². The Kier molecular flexibility index (Phi) is 3.80. The molecule has 0 saturated carbocycles. The lowest BCUT2D eigenvalue weighted by molar-refractivity contribution is 0.874. The van der Waals surface area contributed by atoms with Gasteiger partial charge in [-0.15, -0.1) is 0 Å². The summed E-state index contributed by atoms with van der Waals surface area (Å²) in [6.45, 7) is 4.17. The van der Waals surface area contributed by atoms with Gasteiger partial charge in [0.05, 0.1) is 23.3 Å². The minimum absolute atomic E-state index is 0.762. The Morgan fingerprint density at radius 3 is 2.61 bits per heavy atom. The highest BCUT2D eigenvalue weighted by atomic mass is 15.5. The van der Waals surface area contributed by atoms with E-state index in [2.05, 4.69) is 27.7 Å². The lowest BCUT2D eigenvalue weighted by Gasteiger charge is -2.21. The first kappa shape index (κ1) is 16.1. The van der Waals surface area contributed by atoms with Crippen LogP contribution in [0.2, 0.25) is 0 Å². The number of pyridine rings is 2.